The summed E-state index contributed by atoms with van der Waals surface area (Å²) in [4.78, 5) is 3.39. The van der Waals surface area contributed by atoms with Gasteiger partial charge in [0.15, 0.2) is 0 Å². The molecule has 2 nitrogen and oxygen atoms in total. The van der Waals surface area contributed by atoms with Crippen molar-refractivity contribution in [3.63, 3.8) is 0 Å². The summed E-state index contributed by atoms with van der Waals surface area (Å²) in [5, 5.41) is 4.79. The van der Waals surface area contributed by atoms with Gasteiger partial charge in [-0.2, -0.15) is 0 Å². The van der Waals surface area contributed by atoms with Gasteiger partial charge < -0.3 is 10.3 Å². The van der Waals surface area contributed by atoms with Gasteiger partial charge in [0.2, 0.25) is 0 Å². The van der Waals surface area contributed by atoms with Crippen molar-refractivity contribution >= 4 is 10.9 Å². The number of hydrogen-bond acceptors (Lipinski definition) is 1. The standard InChI is InChI=1S/C17H16N2/c1-2-4-12(5-3-1)15-10-13-6-9-19-17(13)16-11-18-8-7-14(15)16/h1-6,9-10,18-19H,7-8,11H2. The lowest BCUT2D eigenvalue weighted by molar-refractivity contribution is 0.648. The van der Waals surface area contributed by atoms with Crippen LogP contribution in [-0.4, -0.2) is 11.5 Å². The minimum Gasteiger partial charge on any atom is -0.361 e. The van der Waals surface area contributed by atoms with Gasteiger partial charge in [-0.1, -0.05) is 30.3 Å². The first-order valence-corrected chi connectivity index (χ1v) is 6.81. The van der Waals surface area contributed by atoms with E-state index in [1.807, 2.05) is 6.20 Å². The highest BCUT2D eigenvalue weighted by atomic mass is 14.9. The zero-order chi connectivity index (χ0) is 12.7. The maximum absolute atomic E-state index is 3.48. The van der Waals surface area contributed by atoms with E-state index < -0.39 is 0 Å². The van der Waals surface area contributed by atoms with E-state index in [4.69, 9.17) is 0 Å². The minimum absolute atomic E-state index is 0.965. The van der Waals surface area contributed by atoms with Crippen LogP contribution in [0.5, 0.6) is 0 Å². The molecule has 94 valence electrons. The number of aromatic amines is 1. The van der Waals surface area contributed by atoms with Crippen LogP contribution in [0.4, 0.5) is 0 Å². The third kappa shape index (κ3) is 1.68. The summed E-state index contributed by atoms with van der Waals surface area (Å²) in [5.41, 5.74) is 6.95. The Kier molecular flexibility index (Phi) is 2.42. The highest BCUT2D eigenvalue weighted by Crippen LogP contribution is 2.33. The monoisotopic (exact) mass is 248 g/mol. The van der Waals surface area contributed by atoms with Crippen molar-refractivity contribution in [3.05, 3.63) is 59.8 Å². The van der Waals surface area contributed by atoms with Crippen LogP contribution in [-0.2, 0) is 13.0 Å². The third-order valence-corrected chi connectivity index (χ3v) is 4.01. The first-order valence-electron chi connectivity index (χ1n) is 6.81. The molecule has 1 aliphatic rings. The third-order valence-electron chi connectivity index (χ3n) is 4.01. The van der Waals surface area contributed by atoms with Crippen molar-refractivity contribution in [2.75, 3.05) is 6.54 Å². The summed E-state index contributed by atoms with van der Waals surface area (Å²) >= 11 is 0. The Hall–Kier alpha value is -2.06. The van der Waals surface area contributed by atoms with Gasteiger partial charge in [0.05, 0.1) is 5.52 Å². The molecule has 0 aliphatic carbocycles. The molecule has 2 heteroatoms. The van der Waals surface area contributed by atoms with E-state index in [0.717, 1.165) is 19.5 Å². The molecule has 2 heterocycles. The van der Waals surface area contributed by atoms with Crippen molar-refractivity contribution in [2.45, 2.75) is 13.0 Å². The lowest BCUT2D eigenvalue weighted by Crippen LogP contribution is -2.24. The van der Waals surface area contributed by atoms with Crippen LogP contribution in [0.25, 0.3) is 22.0 Å². The second-order valence-electron chi connectivity index (χ2n) is 5.12. The molecule has 1 aromatic heterocycles. The fraction of sp³-hybridized carbons (Fsp3) is 0.176. The quantitative estimate of drug-likeness (QED) is 0.678. The van der Waals surface area contributed by atoms with Gasteiger partial charge in [-0.15, -0.1) is 0 Å². The van der Waals surface area contributed by atoms with Crippen molar-refractivity contribution in [3.8, 4) is 11.1 Å². The fourth-order valence-corrected chi connectivity index (χ4v) is 3.10. The Labute approximate surface area is 112 Å². The van der Waals surface area contributed by atoms with Crippen molar-refractivity contribution in [1.82, 2.24) is 10.3 Å². The number of aromatic nitrogens is 1. The fourth-order valence-electron chi connectivity index (χ4n) is 3.10. The van der Waals surface area contributed by atoms with Crippen LogP contribution < -0.4 is 5.32 Å². The summed E-state index contributed by atoms with van der Waals surface area (Å²) < 4.78 is 0. The molecule has 0 unspecified atom stereocenters. The predicted molar refractivity (Wildman–Crippen MR) is 79.1 cm³/mol. The molecule has 2 N–H and O–H groups in total. The molecule has 0 spiro atoms. The molecular weight excluding hydrogens is 232 g/mol. The number of benzene rings is 2. The second kappa shape index (κ2) is 4.25. The van der Waals surface area contributed by atoms with E-state index in [1.54, 1.807) is 0 Å². The van der Waals surface area contributed by atoms with E-state index in [2.05, 4.69) is 52.8 Å². The van der Waals surface area contributed by atoms with Crippen molar-refractivity contribution in [2.24, 2.45) is 0 Å². The molecule has 0 fully saturated rings. The van der Waals surface area contributed by atoms with Crippen LogP contribution in [0.3, 0.4) is 0 Å². The summed E-state index contributed by atoms with van der Waals surface area (Å²) in [6.07, 6.45) is 3.14. The predicted octanol–water partition coefficient (Wildman–Crippen LogP) is 3.48. The number of rotatable bonds is 1. The van der Waals surface area contributed by atoms with E-state index in [0.29, 0.717) is 0 Å². The molecule has 0 bridgehead atoms. The first-order chi connectivity index (χ1) is 9.43. The summed E-state index contributed by atoms with van der Waals surface area (Å²) in [7, 11) is 0. The highest BCUT2D eigenvalue weighted by molar-refractivity contribution is 5.90. The lowest BCUT2D eigenvalue weighted by Gasteiger charge is -2.21. The van der Waals surface area contributed by atoms with Gasteiger partial charge >= 0.3 is 0 Å². The molecule has 0 atom stereocenters. The van der Waals surface area contributed by atoms with Gasteiger partial charge in [-0.3, -0.25) is 0 Å². The molecule has 0 radical (unpaired) electrons. The molecule has 0 saturated heterocycles. The Bertz CT molecular complexity index is 726. The van der Waals surface area contributed by atoms with Crippen LogP contribution in [0, 0.1) is 0 Å². The Morgan fingerprint density at radius 3 is 2.74 bits per heavy atom. The Balaban J connectivity index is 2.05. The normalized spacial score (nSPS) is 14.5. The van der Waals surface area contributed by atoms with Gasteiger partial charge in [-0.05, 0) is 47.4 Å². The van der Waals surface area contributed by atoms with E-state index >= 15 is 0 Å². The van der Waals surface area contributed by atoms with E-state index in [1.165, 1.54) is 33.2 Å². The van der Waals surface area contributed by atoms with Gasteiger partial charge in [-0.25, -0.2) is 0 Å². The molecular formula is C17H16N2. The topological polar surface area (TPSA) is 27.8 Å². The number of fused-ring (bicyclic) bond motifs is 3. The molecule has 19 heavy (non-hydrogen) atoms. The van der Waals surface area contributed by atoms with Crippen LogP contribution >= 0.6 is 0 Å². The van der Waals surface area contributed by atoms with Gasteiger partial charge in [0.25, 0.3) is 0 Å². The molecule has 3 aromatic rings. The lowest BCUT2D eigenvalue weighted by atomic mass is 9.89. The highest BCUT2D eigenvalue weighted by Gasteiger charge is 2.17. The molecule has 0 amide bonds. The maximum atomic E-state index is 3.48. The van der Waals surface area contributed by atoms with Crippen LogP contribution in [0.15, 0.2) is 48.7 Å². The van der Waals surface area contributed by atoms with Crippen molar-refractivity contribution < 1.29 is 0 Å². The summed E-state index contributed by atoms with van der Waals surface area (Å²) in [6.45, 7) is 2.03. The van der Waals surface area contributed by atoms with Gasteiger partial charge in [0.1, 0.15) is 0 Å². The minimum atomic E-state index is 0.965. The Morgan fingerprint density at radius 1 is 0.947 bits per heavy atom. The zero-order valence-corrected chi connectivity index (χ0v) is 10.7. The van der Waals surface area contributed by atoms with Crippen LogP contribution in [0.1, 0.15) is 11.1 Å². The molecule has 0 saturated carbocycles. The zero-order valence-electron chi connectivity index (χ0n) is 10.7. The summed E-state index contributed by atoms with van der Waals surface area (Å²) in [5.74, 6) is 0. The molecule has 2 aromatic carbocycles. The second-order valence-corrected chi connectivity index (χ2v) is 5.12. The number of hydrogen-bond donors (Lipinski definition) is 2. The first kappa shape index (κ1) is 10.8. The molecule has 1 aliphatic heterocycles. The van der Waals surface area contributed by atoms with Crippen molar-refractivity contribution in [1.29, 1.82) is 0 Å². The van der Waals surface area contributed by atoms with Crippen LogP contribution in [0.2, 0.25) is 0 Å². The van der Waals surface area contributed by atoms with Gasteiger partial charge in [0, 0.05) is 18.1 Å². The summed E-state index contributed by atoms with van der Waals surface area (Å²) in [6, 6.07) is 15.2. The van der Waals surface area contributed by atoms with E-state index in [9.17, 15) is 0 Å². The SMILES string of the molecule is c1ccc(-c2cc3cc[nH]c3c3c2CCNC3)cc1. The average Bonchev–Trinajstić information content (AvgIpc) is 2.96. The maximum Gasteiger partial charge on any atom is 0.0502 e. The number of H-pyrrole nitrogens is 1. The average molecular weight is 248 g/mol. The largest absolute Gasteiger partial charge is 0.361 e. The number of nitrogens with one attached hydrogen (secondary N) is 2. The Morgan fingerprint density at radius 2 is 1.84 bits per heavy atom. The van der Waals surface area contributed by atoms with E-state index in [-0.39, 0.29) is 0 Å². The molecule has 4 rings (SSSR count). The smallest absolute Gasteiger partial charge is 0.0502 e.